The van der Waals surface area contributed by atoms with Gasteiger partial charge in [-0.15, -0.1) is 0 Å². The molecule has 0 bridgehead atoms. The monoisotopic (exact) mass is 344 g/mol. The second kappa shape index (κ2) is 10.1. The molecule has 0 radical (unpaired) electrons. The van der Waals surface area contributed by atoms with Crippen LogP contribution in [0.3, 0.4) is 0 Å². The number of carboxylic acid groups (broad SMARTS) is 1. The number of carboxylic acids is 1. The first-order chi connectivity index (χ1) is 9.16. The third-order valence-electron chi connectivity index (χ3n) is 2.05. The SMILES string of the molecule is CC(C)COOP(=S)(CC(C)C(=O)O)SOCC(C)C. The van der Waals surface area contributed by atoms with Crippen molar-refractivity contribution in [1.29, 1.82) is 0 Å². The summed E-state index contributed by atoms with van der Waals surface area (Å²) in [5, 5.41) is 9.00. The van der Waals surface area contributed by atoms with Gasteiger partial charge < -0.3 is 9.29 Å². The number of rotatable bonds is 11. The topological polar surface area (TPSA) is 65.0 Å². The number of hydrogen-bond donors (Lipinski definition) is 1. The van der Waals surface area contributed by atoms with Crippen LogP contribution in [0.15, 0.2) is 0 Å². The average Bonchev–Trinajstić information content (AvgIpc) is 2.27. The van der Waals surface area contributed by atoms with Crippen LogP contribution in [0, 0.1) is 17.8 Å². The summed E-state index contributed by atoms with van der Waals surface area (Å²) >= 11 is 6.50. The van der Waals surface area contributed by atoms with E-state index in [4.69, 9.17) is 30.7 Å². The van der Waals surface area contributed by atoms with E-state index in [-0.39, 0.29) is 6.16 Å². The number of hydrogen-bond acceptors (Lipinski definition) is 6. The Hall–Kier alpha value is 0.350. The van der Waals surface area contributed by atoms with Crippen LogP contribution in [0.4, 0.5) is 0 Å². The maximum absolute atomic E-state index is 11.0. The summed E-state index contributed by atoms with van der Waals surface area (Å²) in [5.41, 5.74) is -2.52. The first-order valence-electron chi connectivity index (χ1n) is 6.60. The summed E-state index contributed by atoms with van der Waals surface area (Å²) in [7, 11) is 0. The maximum Gasteiger partial charge on any atom is 0.306 e. The minimum atomic E-state index is -2.52. The molecular formula is C12H25O5PS2. The molecule has 0 spiro atoms. The lowest BCUT2D eigenvalue weighted by Gasteiger charge is -2.22. The standard InChI is InChI=1S/C12H25O5PS2/c1-9(2)6-15-17-18(19,8-11(5)12(13)14)20-16-7-10(3)4/h9-11H,6-8H2,1-5H3,(H,13,14). The van der Waals surface area contributed by atoms with Gasteiger partial charge >= 0.3 is 5.97 Å². The normalized spacial score (nSPS) is 16.4. The fourth-order valence-corrected chi connectivity index (χ4v) is 5.58. The summed E-state index contributed by atoms with van der Waals surface area (Å²) in [5.74, 6) is -0.786. The van der Waals surface area contributed by atoms with Gasteiger partial charge in [-0.3, -0.25) is 4.79 Å². The van der Waals surface area contributed by atoms with E-state index in [1.54, 1.807) is 6.92 Å². The van der Waals surface area contributed by atoms with E-state index in [2.05, 4.69) is 0 Å². The van der Waals surface area contributed by atoms with Crippen LogP contribution in [-0.2, 0) is 30.3 Å². The highest BCUT2D eigenvalue weighted by molar-refractivity contribution is 8.67. The summed E-state index contributed by atoms with van der Waals surface area (Å²) in [6.45, 7) is 10.6. The molecule has 0 amide bonds. The first kappa shape index (κ1) is 20.3. The molecule has 20 heavy (non-hydrogen) atoms. The highest BCUT2D eigenvalue weighted by Gasteiger charge is 2.28. The minimum Gasteiger partial charge on any atom is -0.481 e. The van der Waals surface area contributed by atoms with Crippen LogP contribution in [0.5, 0.6) is 0 Å². The summed E-state index contributed by atoms with van der Waals surface area (Å²) < 4.78 is 10.8. The van der Waals surface area contributed by atoms with Crippen molar-refractivity contribution in [3.63, 3.8) is 0 Å². The molecule has 0 heterocycles. The molecule has 1 N–H and O–H groups in total. The highest BCUT2D eigenvalue weighted by atomic mass is 32.9. The summed E-state index contributed by atoms with van der Waals surface area (Å²) in [4.78, 5) is 16.1. The van der Waals surface area contributed by atoms with Crippen molar-refractivity contribution in [2.24, 2.45) is 17.8 Å². The summed E-state index contributed by atoms with van der Waals surface area (Å²) in [6, 6.07) is 0. The molecule has 0 aliphatic rings. The second-order valence-corrected chi connectivity index (χ2v) is 12.3. The van der Waals surface area contributed by atoms with Crippen LogP contribution in [0.25, 0.3) is 0 Å². The Balaban J connectivity index is 4.49. The van der Waals surface area contributed by atoms with E-state index < -0.39 is 17.4 Å². The molecule has 2 unspecified atom stereocenters. The lowest BCUT2D eigenvalue weighted by Crippen LogP contribution is -2.15. The molecule has 2 atom stereocenters. The van der Waals surface area contributed by atoms with Crippen LogP contribution in [-0.4, -0.2) is 30.5 Å². The third-order valence-corrected chi connectivity index (χ3v) is 6.66. The lowest BCUT2D eigenvalue weighted by atomic mass is 10.2. The van der Waals surface area contributed by atoms with Crippen LogP contribution in [0.2, 0.25) is 0 Å². The van der Waals surface area contributed by atoms with Crippen LogP contribution in [0.1, 0.15) is 34.6 Å². The Labute approximate surface area is 130 Å². The van der Waals surface area contributed by atoms with Crippen molar-refractivity contribution < 1.29 is 23.6 Å². The lowest BCUT2D eigenvalue weighted by molar-refractivity contribution is -0.205. The van der Waals surface area contributed by atoms with Gasteiger partial charge in [-0.25, -0.2) is 4.89 Å². The zero-order valence-electron chi connectivity index (χ0n) is 12.7. The first-order valence-corrected chi connectivity index (χ1v) is 10.9. The molecule has 0 aromatic heterocycles. The Morgan fingerprint density at radius 1 is 1.20 bits per heavy atom. The van der Waals surface area contributed by atoms with Gasteiger partial charge in [0.1, 0.15) is 0 Å². The molecule has 0 fully saturated rings. The van der Waals surface area contributed by atoms with Crippen molar-refractivity contribution in [3.8, 4) is 0 Å². The van der Waals surface area contributed by atoms with Gasteiger partial charge in [0, 0.05) is 6.16 Å². The van der Waals surface area contributed by atoms with Gasteiger partial charge in [0.25, 0.3) is 0 Å². The van der Waals surface area contributed by atoms with E-state index in [1.807, 2.05) is 27.7 Å². The van der Waals surface area contributed by atoms with Crippen LogP contribution >= 0.6 is 17.1 Å². The van der Waals surface area contributed by atoms with Gasteiger partial charge in [0.05, 0.1) is 30.8 Å². The molecule has 0 saturated carbocycles. The van der Waals surface area contributed by atoms with Gasteiger partial charge in [0.2, 0.25) is 0 Å². The fourth-order valence-electron chi connectivity index (χ4n) is 0.980. The van der Waals surface area contributed by atoms with Gasteiger partial charge in [-0.1, -0.05) is 34.6 Å². The van der Waals surface area contributed by atoms with Crippen molar-refractivity contribution in [3.05, 3.63) is 0 Å². The average molecular weight is 344 g/mol. The third kappa shape index (κ3) is 10.1. The second-order valence-electron chi connectivity index (χ2n) is 5.54. The smallest absolute Gasteiger partial charge is 0.306 e. The van der Waals surface area contributed by atoms with E-state index >= 15 is 0 Å². The number of carbonyl (C=O) groups is 1. The van der Waals surface area contributed by atoms with Crippen molar-refractivity contribution in [2.45, 2.75) is 34.6 Å². The molecule has 120 valence electrons. The van der Waals surface area contributed by atoms with E-state index in [9.17, 15) is 4.79 Å². The number of aliphatic carboxylic acids is 1. The van der Waals surface area contributed by atoms with Crippen molar-refractivity contribution >= 4 is 34.9 Å². The van der Waals surface area contributed by atoms with Crippen molar-refractivity contribution in [1.82, 2.24) is 0 Å². The molecule has 0 saturated heterocycles. The Kier molecular flexibility index (Phi) is 10.3. The Morgan fingerprint density at radius 2 is 1.75 bits per heavy atom. The van der Waals surface area contributed by atoms with Crippen molar-refractivity contribution in [2.75, 3.05) is 19.4 Å². The van der Waals surface area contributed by atoms with Gasteiger partial charge in [0.15, 0.2) is 5.47 Å². The maximum atomic E-state index is 11.0. The largest absolute Gasteiger partial charge is 0.481 e. The fraction of sp³-hybridized carbons (Fsp3) is 0.917. The highest BCUT2D eigenvalue weighted by Crippen LogP contribution is 2.61. The van der Waals surface area contributed by atoms with Gasteiger partial charge in [-0.05, 0) is 23.6 Å². The molecular weight excluding hydrogens is 319 g/mol. The zero-order chi connectivity index (χ0) is 15.8. The predicted molar refractivity (Wildman–Crippen MR) is 86.2 cm³/mol. The Morgan fingerprint density at radius 3 is 2.20 bits per heavy atom. The minimum absolute atomic E-state index is 0.235. The quantitative estimate of drug-likeness (QED) is 0.263. The molecule has 0 rings (SSSR count). The Bertz CT molecular complexity index is 318. The predicted octanol–water partition coefficient (Wildman–Crippen LogP) is 3.94. The summed E-state index contributed by atoms with van der Waals surface area (Å²) in [6.07, 6.45) is 0.235. The molecule has 0 aromatic carbocycles. The van der Waals surface area contributed by atoms with E-state index in [1.165, 1.54) is 0 Å². The van der Waals surface area contributed by atoms with E-state index in [0.29, 0.717) is 25.0 Å². The molecule has 0 aliphatic carbocycles. The molecule has 0 aliphatic heterocycles. The van der Waals surface area contributed by atoms with Crippen LogP contribution < -0.4 is 0 Å². The van der Waals surface area contributed by atoms with E-state index in [0.717, 1.165) is 11.7 Å². The molecule has 0 aromatic rings. The zero-order valence-corrected chi connectivity index (χ0v) is 15.2. The molecule has 5 nitrogen and oxygen atoms in total. The van der Waals surface area contributed by atoms with Gasteiger partial charge in [-0.2, -0.15) is 4.67 Å². The molecule has 8 heteroatoms.